The summed E-state index contributed by atoms with van der Waals surface area (Å²) in [4.78, 5) is 16.8. The molecular weight excluding hydrogens is 254 g/mol. The van der Waals surface area contributed by atoms with E-state index in [-0.39, 0.29) is 5.92 Å². The third kappa shape index (κ3) is 4.43. The van der Waals surface area contributed by atoms with Gasteiger partial charge in [0.25, 0.3) is 0 Å². The highest BCUT2D eigenvalue weighted by Gasteiger charge is 2.26. The molecule has 2 heterocycles. The summed E-state index contributed by atoms with van der Waals surface area (Å²) in [5.74, 6) is 0.415. The zero-order chi connectivity index (χ0) is 14.4. The van der Waals surface area contributed by atoms with E-state index in [1.807, 2.05) is 11.8 Å². The second-order valence-electron chi connectivity index (χ2n) is 6.09. The van der Waals surface area contributed by atoms with Crippen LogP contribution in [0.5, 0.6) is 0 Å². The third-order valence-electron chi connectivity index (χ3n) is 4.43. The molecule has 2 unspecified atom stereocenters. The molecule has 116 valence electrons. The summed E-state index contributed by atoms with van der Waals surface area (Å²) >= 11 is 0. The number of ether oxygens (including phenoxy) is 1. The van der Waals surface area contributed by atoms with Crippen LogP contribution < -0.4 is 5.73 Å². The van der Waals surface area contributed by atoms with Crippen LogP contribution in [0.25, 0.3) is 0 Å². The highest BCUT2D eigenvalue weighted by atomic mass is 16.5. The smallest absolute Gasteiger partial charge is 0.225 e. The first-order chi connectivity index (χ1) is 9.70. The Balaban J connectivity index is 1.68. The van der Waals surface area contributed by atoms with E-state index in [1.165, 1.54) is 12.8 Å². The molecule has 2 rings (SSSR count). The summed E-state index contributed by atoms with van der Waals surface area (Å²) in [6.45, 7) is 8.33. The predicted octanol–water partition coefficient (Wildman–Crippen LogP) is 0.685. The number of hydrogen-bond donors (Lipinski definition) is 1. The van der Waals surface area contributed by atoms with E-state index in [9.17, 15) is 4.79 Å². The lowest BCUT2D eigenvalue weighted by molar-refractivity contribution is -0.137. The minimum Gasteiger partial charge on any atom is -0.377 e. The zero-order valence-electron chi connectivity index (χ0n) is 12.7. The Morgan fingerprint density at radius 3 is 2.70 bits per heavy atom. The summed E-state index contributed by atoms with van der Waals surface area (Å²) in [6, 6.07) is 0. The lowest BCUT2D eigenvalue weighted by Crippen LogP contribution is -2.51. The summed E-state index contributed by atoms with van der Waals surface area (Å²) in [5.41, 5.74) is 5.51. The molecule has 5 nitrogen and oxygen atoms in total. The average Bonchev–Trinajstić information content (AvgIpc) is 2.97. The molecule has 0 radical (unpaired) electrons. The number of carbonyl (C=O) groups is 1. The minimum atomic E-state index is 0.114. The topological polar surface area (TPSA) is 58.8 Å². The van der Waals surface area contributed by atoms with Gasteiger partial charge in [0.15, 0.2) is 0 Å². The van der Waals surface area contributed by atoms with Crippen molar-refractivity contribution in [2.24, 2.45) is 11.7 Å². The standard InChI is InChI=1S/C15H29N3O2/c1-13(4-2-6-16)15(19)18-9-7-17(8-10-18)12-14-5-3-11-20-14/h13-14H,2-12,16H2,1H3. The molecule has 2 N–H and O–H groups in total. The fourth-order valence-electron chi connectivity index (χ4n) is 3.09. The summed E-state index contributed by atoms with van der Waals surface area (Å²) < 4.78 is 5.68. The van der Waals surface area contributed by atoms with Gasteiger partial charge in [0.1, 0.15) is 0 Å². The number of rotatable bonds is 6. The quantitative estimate of drug-likeness (QED) is 0.779. The fourth-order valence-corrected chi connectivity index (χ4v) is 3.09. The second kappa shape index (κ2) is 7.96. The Morgan fingerprint density at radius 2 is 2.10 bits per heavy atom. The summed E-state index contributed by atoms with van der Waals surface area (Å²) in [6.07, 6.45) is 4.65. The van der Waals surface area contributed by atoms with Crippen LogP contribution >= 0.6 is 0 Å². The lowest BCUT2D eigenvalue weighted by Gasteiger charge is -2.36. The molecule has 5 heteroatoms. The zero-order valence-corrected chi connectivity index (χ0v) is 12.7. The molecule has 2 aliphatic heterocycles. The van der Waals surface area contributed by atoms with Crippen molar-refractivity contribution in [3.8, 4) is 0 Å². The van der Waals surface area contributed by atoms with Gasteiger partial charge in [-0.3, -0.25) is 9.69 Å². The molecule has 2 atom stereocenters. The molecular formula is C15H29N3O2. The Kier molecular flexibility index (Phi) is 6.26. The molecule has 0 bridgehead atoms. The van der Waals surface area contributed by atoms with Crippen molar-refractivity contribution in [1.29, 1.82) is 0 Å². The molecule has 20 heavy (non-hydrogen) atoms. The number of nitrogens with zero attached hydrogens (tertiary/aromatic N) is 2. The van der Waals surface area contributed by atoms with Crippen LogP contribution in [-0.2, 0) is 9.53 Å². The number of nitrogens with two attached hydrogens (primary N) is 1. The van der Waals surface area contributed by atoms with E-state index < -0.39 is 0 Å². The van der Waals surface area contributed by atoms with E-state index in [4.69, 9.17) is 10.5 Å². The molecule has 0 aromatic rings. The van der Waals surface area contributed by atoms with E-state index in [0.29, 0.717) is 18.6 Å². The highest BCUT2D eigenvalue weighted by molar-refractivity contribution is 5.78. The van der Waals surface area contributed by atoms with Crippen LogP contribution in [0.15, 0.2) is 0 Å². The summed E-state index contributed by atoms with van der Waals surface area (Å²) in [7, 11) is 0. The second-order valence-corrected chi connectivity index (χ2v) is 6.09. The van der Waals surface area contributed by atoms with Crippen molar-refractivity contribution >= 4 is 5.91 Å². The van der Waals surface area contributed by atoms with Crippen molar-refractivity contribution in [3.05, 3.63) is 0 Å². The van der Waals surface area contributed by atoms with Crippen LogP contribution in [0.4, 0.5) is 0 Å². The molecule has 0 spiro atoms. The van der Waals surface area contributed by atoms with Crippen molar-refractivity contribution < 1.29 is 9.53 Å². The Hall–Kier alpha value is -0.650. The normalized spacial score (nSPS) is 25.9. The van der Waals surface area contributed by atoms with Gasteiger partial charge in [0, 0.05) is 45.2 Å². The number of hydrogen-bond acceptors (Lipinski definition) is 4. The highest BCUT2D eigenvalue weighted by Crippen LogP contribution is 2.16. The monoisotopic (exact) mass is 283 g/mol. The molecule has 2 aliphatic rings. The van der Waals surface area contributed by atoms with Gasteiger partial charge in [0.2, 0.25) is 5.91 Å². The first kappa shape index (κ1) is 15.7. The first-order valence-electron chi connectivity index (χ1n) is 8.03. The minimum absolute atomic E-state index is 0.114. The van der Waals surface area contributed by atoms with E-state index in [0.717, 1.165) is 52.2 Å². The predicted molar refractivity (Wildman–Crippen MR) is 79.4 cm³/mol. The Bertz CT molecular complexity index is 297. The van der Waals surface area contributed by atoms with Gasteiger partial charge in [-0.25, -0.2) is 0 Å². The van der Waals surface area contributed by atoms with Crippen molar-refractivity contribution in [2.75, 3.05) is 45.9 Å². The average molecular weight is 283 g/mol. The van der Waals surface area contributed by atoms with Gasteiger partial charge in [0.05, 0.1) is 6.10 Å². The van der Waals surface area contributed by atoms with E-state index >= 15 is 0 Å². The van der Waals surface area contributed by atoms with E-state index in [1.54, 1.807) is 0 Å². The van der Waals surface area contributed by atoms with E-state index in [2.05, 4.69) is 4.90 Å². The Morgan fingerprint density at radius 1 is 1.35 bits per heavy atom. The third-order valence-corrected chi connectivity index (χ3v) is 4.43. The van der Waals surface area contributed by atoms with Gasteiger partial charge in [-0.05, 0) is 32.2 Å². The van der Waals surface area contributed by atoms with Gasteiger partial charge in [-0.1, -0.05) is 6.92 Å². The lowest BCUT2D eigenvalue weighted by atomic mass is 10.0. The molecule has 0 aromatic heterocycles. The van der Waals surface area contributed by atoms with Gasteiger partial charge in [-0.15, -0.1) is 0 Å². The van der Waals surface area contributed by atoms with Crippen LogP contribution in [0.1, 0.15) is 32.6 Å². The molecule has 2 fully saturated rings. The molecule has 0 aromatic carbocycles. The largest absolute Gasteiger partial charge is 0.377 e. The fraction of sp³-hybridized carbons (Fsp3) is 0.933. The molecule has 1 amide bonds. The maximum atomic E-state index is 12.3. The SMILES string of the molecule is CC(CCCN)C(=O)N1CCN(CC2CCCO2)CC1. The van der Waals surface area contributed by atoms with Gasteiger partial charge in [-0.2, -0.15) is 0 Å². The van der Waals surface area contributed by atoms with Crippen molar-refractivity contribution in [2.45, 2.75) is 38.7 Å². The molecule has 0 aliphatic carbocycles. The number of piperazine rings is 1. The van der Waals surface area contributed by atoms with Crippen LogP contribution in [0, 0.1) is 5.92 Å². The number of carbonyl (C=O) groups excluding carboxylic acids is 1. The number of amides is 1. The van der Waals surface area contributed by atoms with Gasteiger partial charge < -0.3 is 15.4 Å². The molecule has 2 saturated heterocycles. The first-order valence-corrected chi connectivity index (χ1v) is 8.03. The van der Waals surface area contributed by atoms with Crippen molar-refractivity contribution in [1.82, 2.24) is 9.80 Å². The maximum Gasteiger partial charge on any atom is 0.225 e. The van der Waals surface area contributed by atoms with Crippen LogP contribution in [0.2, 0.25) is 0 Å². The van der Waals surface area contributed by atoms with Gasteiger partial charge >= 0.3 is 0 Å². The molecule has 0 saturated carbocycles. The Labute approximate surface area is 122 Å². The van der Waals surface area contributed by atoms with Crippen LogP contribution in [-0.4, -0.2) is 67.7 Å². The van der Waals surface area contributed by atoms with Crippen LogP contribution in [0.3, 0.4) is 0 Å². The summed E-state index contributed by atoms with van der Waals surface area (Å²) in [5, 5.41) is 0. The maximum absolute atomic E-state index is 12.3. The van der Waals surface area contributed by atoms with Crippen molar-refractivity contribution in [3.63, 3.8) is 0 Å².